The Balaban J connectivity index is 1.54. The van der Waals surface area contributed by atoms with Gasteiger partial charge < -0.3 is 25.0 Å². The van der Waals surface area contributed by atoms with Crippen LogP contribution in [-0.2, 0) is 23.9 Å². The second kappa shape index (κ2) is 14.8. The number of thiophene rings is 1. The lowest BCUT2D eigenvalue weighted by molar-refractivity contribution is -0.150. The number of amides is 3. The molecule has 15 nitrogen and oxygen atoms in total. The van der Waals surface area contributed by atoms with Crippen LogP contribution in [-0.4, -0.2) is 74.9 Å². The summed E-state index contributed by atoms with van der Waals surface area (Å²) in [5.41, 5.74) is 7.23. The summed E-state index contributed by atoms with van der Waals surface area (Å²) in [6.45, 7) is 6.89. The van der Waals surface area contributed by atoms with Gasteiger partial charge in [0.05, 0.1) is 30.1 Å². The molecule has 0 aromatic carbocycles. The molecule has 1 saturated carbocycles. The zero-order valence-electron chi connectivity index (χ0n) is 28.1. The molecule has 0 radical (unpaired) electrons. The van der Waals surface area contributed by atoms with E-state index in [1.165, 1.54) is 27.1 Å². The van der Waals surface area contributed by atoms with Crippen molar-refractivity contribution in [2.24, 2.45) is 11.0 Å². The number of azide groups is 1. The number of hydrogen-bond donors (Lipinski definition) is 2. The third-order valence-electron chi connectivity index (χ3n) is 8.88. The van der Waals surface area contributed by atoms with Gasteiger partial charge in [0.1, 0.15) is 23.2 Å². The number of esters is 1. The summed E-state index contributed by atoms with van der Waals surface area (Å²) in [7, 11) is 0. The highest BCUT2D eigenvalue weighted by Gasteiger charge is 2.62. The second-order valence-corrected chi connectivity index (χ2v) is 14.3. The Bertz CT molecular complexity index is 1710. The van der Waals surface area contributed by atoms with E-state index >= 15 is 0 Å². The first kappa shape index (κ1) is 35.6. The molecule has 2 aromatic rings. The van der Waals surface area contributed by atoms with Crippen molar-refractivity contribution in [3.05, 3.63) is 56.0 Å². The first-order valence-electron chi connectivity index (χ1n) is 16.5. The van der Waals surface area contributed by atoms with Gasteiger partial charge in [-0.25, -0.2) is 14.3 Å². The Morgan fingerprint density at radius 1 is 1.24 bits per heavy atom. The summed E-state index contributed by atoms with van der Waals surface area (Å²) in [5.74, 6) is -1.92. The normalized spacial score (nSPS) is 25.8. The van der Waals surface area contributed by atoms with E-state index < -0.39 is 58.7 Å². The van der Waals surface area contributed by atoms with Gasteiger partial charge in [0.15, 0.2) is 0 Å². The van der Waals surface area contributed by atoms with Gasteiger partial charge in [-0.3, -0.25) is 14.4 Å². The van der Waals surface area contributed by atoms with Crippen molar-refractivity contribution in [1.82, 2.24) is 25.3 Å². The van der Waals surface area contributed by atoms with Crippen LogP contribution in [0.25, 0.3) is 21.6 Å². The molecule has 3 aliphatic rings. The number of carbonyl (C=O) groups is 4. The SMILES string of the molecule is CCOC(=O)[C@@]12C[C@H]1C=CCCCCC[C@H](NC(=O)OC(C)(C)C)C(=O)N1C[C@H](n3ncc(N=[N+]=[N-])c(-c4ccsc4)c3=O)C[C@H]1C(=O)N2. The maximum Gasteiger partial charge on any atom is 0.408 e. The lowest BCUT2D eigenvalue weighted by Crippen LogP contribution is -2.56. The fourth-order valence-electron chi connectivity index (χ4n) is 6.47. The Hall–Kier alpha value is -4.69. The van der Waals surface area contributed by atoms with Crippen LogP contribution in [0.15, 0.2) is 45.1 Å². The molecule has 3 amide bonds. The van der Waals surface area contributed by atoms with Gasteiger partial charge in [0, 0.05) is 23.8 Å². The summed E-state index contributed by atoms with van der Waals surface area (Å²) in [4.78, 5) is 72.8. The number of allylic oxidation sites excluding steroid dienone is 1. The van der Waals surface area contributed by atoms with E-state index in [0.717, 1.165) is 19.3 Å². The van der Waals surface area contributed by atoms with Gasteiger partial charge in [-0.05, 0) is 81.3 Å². The molecule has 49 heavy (non-hydrogen) atoms. The molecule has 2 aliphatic heterocycles. The van der Waals surface area contributed by atoms with E-state index in [9.17, 15) is 24.0 Å². The van der Waals surface area contributed by atoms with Crippen LogP contribution >= 0.6 is 11.3 Å². The van der Waals surface area contributed by atoms with Crippen LogP contribution in [0.3, 0.4) is 0 Å². The molecule has 5 atom stereocenters. The summed E-state index contributed by atoms with van der Waals surface area (Å²) in [6.07, 6.45) is 8.09. The minimum absolute atomic E-state index is 0.00695. The van der Waals surface area contributed by atoms with Crippen LogP contribution in [0.4, 0.5) is 10.5 Å². The van der Waals surface area contributed by atoms with E-state index in [2.05, 4.69) is 25.8 Å². The van der Waals surface area contributed by atoms with Crippen LogP contribution in [0.5, 0.6) is 0 Å². The largest absolute Gasteiger partial charge is 0.464 e. The van der Waals surface area contributed by atoms with Gasteiger partial charge in [-0.15, -0.1) is 0 Å². The van der Waals surface area contributed by atoms with E-state index in [4.69, 9.17) is 15.0 Å². The predicted octanol–water partition coefficient (Wildman–Crippen LogP) is 4.91. The van der Waals surface area contributed by atoms with Crippen molar-refractivity contribution in [2.75, 3.05) is 13.2 Å². The number of hydrogen-bond acceptors (Lipinski definition) is 10. The van der Waals surface area contributed by atoms with Crippen molar-refractivity contribution in [1.29, 1.82) is 0 Å². The fraction of sp³-hybridized carbons (Fsp3) is 0.576. The highest BCUT2D eigenvalue weighted by atomic mass is 32.1. The van der Waals surface area contributed by atoms with E-state index in [1.807, 2.05) is 12.2 Å². The molecule has 2 aromatic heterocycles. The Morgan fingerprint density at radius 3 is 2.73 bits per heavy atom. The molecule has 5 rings (SSSR count). The standard InChI is InChI=1S/C33H42N8O7S/c1-5-47-30(45)33-16-21(33)11-9-7-6-8-10-12-23(36-31(46)48-32(2,3)4)28(43)40-18-22(15-25(40)27(42)37-33)41-29(44)26(20-13-14-49-19-20)24(17-35-41)38-39-34/h9,11,13-14,17,19,21-23,25H,5-8,10,12,15-16,18H2,1-4H3,(H,36,46)(H,37,42)/t21-,22-,23+,25+,33-/m1/s1. The van der Waals surface area contributed by atoms with Crippen molar-refractivity contribution in [3.8, 4) is 11.1 Å². The van der Waals surface area contributed by atoms with Gasteiger partial charge in [-0.2, -0.15) is 16.4 Å². The maximum atomic E-state index is 14.4. The smallest absolute Gasteiger partial charge is 0.408 e. The lowest BCUT2D eigenvalue weighted by Gasteiger charge is -2.30. The number of aromatic nitrogens is 2. The lowest BCUT2D eigenvalue weighted by atomic mass is 10.0. The number of fused-ring (bicyclic) bond motifs is 2. The molecule has 0 bridgehead atoms. The van der Waals surface area contributed by atoms with E-state index in [-0.39, 0.29) is 36.7 Å². The maximum absolute atomic E-state index is 14.4. The van der Waals surface area contributed by atoms with Gasteiger partial charge >= 0.3 is 12.1 Å². The van der Waals surface area contributed by atoms with Crippen LogP contribution < -0.4 is 16.2 Å². The van der Waals surface area contributed by atoms with E-state index in [1.54, 1.807) is 44.5 Å². The monoisotopic (exact) mass is 694 g/mol. The van der Waals surface area contributed by atoms with Crippen molar-refractivity contribution in [2.45, 2.75) is 102 Å². The minimum Gasteiger partial charge on any atom is -0.464 e. The quantitative estimate of drug-likeness (QED) is 0.140. The average Bonchev–Trinajstić information content (AvgIpc) is 3.35. The van der Waals surface area contributed by atoms with Crippen LogP contribution in [0.1, 0.15) is 78.7 Å². The molecule has 16 heteroatoms. The van der Waals surface area contributed by atoms with Gasteiger partial charge in [0.25, 0.3) is 5.56 Å². The second-order valence-electron chi connectivity index (χ2n) is 13.5. The molecule has 0 unspecified atom stereocenters. The summed E-state index contributed by atoms with van der Waals surface area (Å²) >= 11 is 1.36. The third kappa shape index (κ3) is 7.97. The molecular weight excluding hydrogens is 652 g/mol. The van der Waals surface area contributed by atoms with E-state index in [0.29, 0.717) is 24.8 Å². The average molecular weight is 695 g/mol. The zero-order chi connectivity index (χ0) is 35.3. The first-order chi connectivity index (χ1) is 23.4. The molecule has 2 fully saturated rings. The predicted molar refractivity (Wildman–Crippen MR) is 181 cm³/mol. The summed E-state index contributed by atoms with van der Waals surface area (Å²) in [6, 6.07) is -1.17. The van der Waals surface area contributed by atoms with Crippen molar-refractivity contribution >= 4 is 40.9 Å². The van der Waals surface area contributed by atoms with Crippen LogP contribution in [0, 0.1) is 5.92 Å². The van der Waals surface area contributed by atoms with Crippen LogP contribution in [0.2, 0.25) is 0 Å². The number of alkyl carbamates (subject to hydrolysis) is 1. The number of nitrogens with zero attached hydrogens (tertiary/aromatic N) is 6. The molecule has 4 heterocycles. The number of nitrogens with one attached hydrogen (secondary N) is 2. The molecule has 1 saturated heterocycles. The Labute approximate surface area is 287 Å². The Morgan fingerprint density at radius 2 is 2.04 bits per heavy atom. The highest BCUT2D eigenvalue weighted by Crippen LogP contribution is 2.46. The number of carbonyl (C=O) groups excluding carboxylic acids is 4. The molecule has 2 N–H and O–H groups in total. The molecular formula is C33H42N8O7S. The Kier molecular flexibility index (Phi) is 10.8. The summed E-state index contributed by atoms with van der Waals surface area (Å²) in [5, 5.41) is 17.1. The summed E-state index contributed by atoms with van der Waals surface area (Å²) < 4.78 is 12.0. The molecule has 0 spiro atoms. The molecule has 1 aliphatic carbocycles. The first-order valence-corrected chi connectivity index (χ1v) is 17.5. The van der Waals surface area contributed by atoms with Crippen molar-refractivity contribution < 1.29 is 28.7 Å². The number of ether oxygens (including phenoxy) is 2. The van der Waals surface area contributed by atoms with Crippen molar-refractivity contribution in [3.63, 3.8) is 0 Å². The molecule has 262 valence electrons. The number of rotatable bonds is 6. The third-order valence-corrected chi connectivity index (χ3v) is 9.56. The van der Waals surface area contributed by atoms with Gasteiger partial charge in [-0.1, -0.05) is 30.1 Å². The minimum atomic E-state index is -1.27. The zero-order valence-corrected chi connectivity index (χ0v) is 28.9. The highest BCUT2D eigenvalue weighted by molar-refractivity contribution is 7.08. The fourth-order valence-corrected chi connectivity index (χ4v) is 7.12. The van der Waals surface area contributed by atoms with Gasteiger partial charge in [0.2, 0.25) is 11.8 Å². The topological polar surface area (TPSA) is 198 Å².